The van der Waals surface area contributed by atoms with Crippen LogP contribution in [0.1, 0.15) is 47.4 Å². The molecule has 2 aromatic heterocycles. The molecule has 0 aliphatic carbocycles. The van der Waals surface area contributed by atoms with E-state index in [4.69, 9.17) is 0 Å². The molecule has 0 aliphatic heterocycles. The van der Waals surface area contributed by atoms with Crippen LogP contribution in [0.15, 0.2) is 24.3 Å². The van der Waals surface area contributed by atoms with Gasteiger partial charge in [0.15, 0.2) is 0 Å². The van der Waals surface area contributed by atoms with Crippen molar-refractivity contribution < 1.29 is 13.2 Å². The van der Waals surface area contributed by atoms with Crippen LogP contribution in [-0.2, 0) is 6.18 Å². The Bertz CT molecular complexity index is 993. The van der Waals surface area contributed by atoms with Gasteiger partial charge in [-0.3, -0.25) is 4.57 Å². The van der Waals surface area contributed by atoms with Gasteiger partial charge in [0.1, 0.15) is 0 Å². The van der Waals surface area contributed by atoms with Crippen LogP contribution in [-0.4, -0.2) is 35.6 Å². The van der Waals surface area contributed by atoms with Gasteiger partial charge in [-0.2, -0.15) is 28.1 Å². The monoisotopic (exact) mass is 407 g/mol. The number of aromatic nitrogens is 5. The highest BCUT2D eigenvalue weighted by molar-refractivity contribution is 5.77. The molecule has 0 amide bonds. The third-order valence-corrected chi connectivity index (χ3v) is 3.61. The lowest BCUT2D eigenvalue weighted by molar-refractivity contribution is -0.145. The molecule has 0 aliphatic rings. The lowest BCUT2D eigenvalue weighted by Gasteiger charge is -2.24. The minimum Gasteiger partial charge on any atom is -0.349 e. The van der Waals surface area contributed by atoms with Gasteiger partial charge >= 0.3 is 6.18 Å². The molecular weight excluding hydrogens is 383 g/mol. The molecule has 0 atom stereocenters. The number of nitrogens with one attached hydrogen (secondary N) is 2. The van der Waals surface area contributed by atoms with Crippen molar-refractivity contribution >= 4 is 22.9 Å². The number of imidazole rings is 1. The van der Waals surface area contributed by atoms with Crippen LogP contribution in [0, 0.1) is 0 Å². The summed E-state index contributed by atoms with van der Waals surface area (Å²) in [6.45, 7) is 11.4. The van der Waals surface area contributed by atoms with Crippen LogP contribution in [0.4, 0.5) is 25.1 Å². The Morgan fingerprint density at radius 3 is 1.76 bits per heavy atom. The fourth-order valence-corrected chi connectivity index (χ4v) is 2.67. The number of hydrogen-bond acceptors (Lipinski definition) is 6. The molecule has 0 spiro atoms. The summed E-state index contributed by atoms with van der Waals surface area (Å²) in [5.41, 5.74) is -0.339. The lowest BCUT2D eigenvalue weighted by atomic mass is 10.1. The molecule has 1 aromatic carbocycles. The number of alkyl halides is 3. The normalized spacial score (nSPS) is 13.0. The van der Waals surface area contributed by atoms with Gasteiger partial charge in [0.05, 0.1) is 11.0 Å². The third kappa shape index (κ3) is 4.93. The van der Waals surface area contributed by atoms with E-state index in [0.717, 1.165) is 4.57 Å². The number of nitrogens with zero attached hydrogens (tertiary/aromatic N) is 5. The summed E-state index contributed by atoms with van der Waals surface area (Å²) in [5.74, 6) is -0.923. The molecule has 156 valence electrons. The van der Waals surface area contributed by atoms with E-state index >= 15 is 0 Å². The Balaban J connectivity index is 2.27. The van der Waals surface area contributed by atoms with Crippen molar-refractivity contribution in [2.45, 2.75) is 58.8 Å². The van der Waals surface area contributed by atoms with E-state index in [1.807, 2.05) is 41.5 Å². The molecule has 3 aromatic rings. The van der Waals surface area contributed by atoms with Gasteiger partial charge < -0.3 is 10.6 Å². The predicted octanol–water partition coefficient (Wildman–Crippen LogP) is 4.65. The number of halogens is 3. The molecule has 0 radical (unpaired) electrons. The van der Waals surface area contributed by atoms with Crippen molar-refractivity contribution in [3.05, 3.63) is 30.1 Å². The second-order valence-corrected chi connectivity index (χ2v) is 8.79. The maximum absolute atomic E-state index is 13.7. The molecule has 0 saturated heterocycles. The average molecular weight is 407 g/mol. The zero-order chi connectivity index (χ0) is 21.6. The first-order chi connectivity index (χ1) is 13.2. The summed E-state index contributed by atoms with van der Waals surface area (Å²) in [6, 6.07) is 6.34. The van der Waals surface area contributed by atoms with Crippen LogP contribution >= 0.6 is 0 Å². The maximum Gasteiger partial charge on any atom is 0.450 e. The molecule has 10 heteroatoms. The van der Waals surface area contributed by atoms with Crippen molar-refractivity contribution in [1.29, 1.82) is 0 Å². The van der Waals surface area contributed by atoms with E-state index < -0.39 is 23.1 Å². The highest BCUT2D eigenvalue weighted by Gasteiger charge is 2.39. The minimum atomic E-state index is -4.68. The fourth-order valence-electron chi connectivity index (χ4n) is 2.67. The van der Waals surface area contributed by atoms with Gasteiger partial charge in [-0.15, -0.1) is 0 Å². The van der Waals surface area contributed by atoms with E-state index in [0.29, 0.717) is 0 Å². The summed E-state index contributed by atoms with van der Waals surface area (Å²) in [6.07, 6.45) is -4.68. The molecule has 29 heavy (non-hydrogen) atoms. The van der Waals surface area contributed by atoms with Crippen molar-refractivity contribution in [2.75, 3.05) is 10.6 Å². The summed E-state index contributed by atoms with van der Waals surface area (Å²) < 4.78 is 42.1. The Morgan fingerprint density at radius 2 is 1.28 bits per heavy atom. The van der Waals surface area contributed by atoms with Crippen LogP contribution in [0.5, 0.6) is 0 Å². The van der Waals surface area contributed by atoms with E-state index in [1.165, 1.54) is 6.07 Å². The van der Waals surface area contributed by atoms with Crippen molar-refractivity contribution in [3.8, 4) is 5.95 Å². The summed E-state index contributed by atoms with van der Waals surface area (Å²) in [4.78, 5) is 16.6. The lowest BCUT2D eigenvalue weighted by Crippen LogP contribution is -2.31. The van der Waals surface area contributed by atoms with Gasteiger partial charge in [0.25, 0.3) is 0 Å². The van der Waals surface area contributed by atoms with Gasteiger partial charge in [-0.25, -0.2) is 4.98 Å². The molecule has 0 fully saturated rings. The standard InChI is InChI=1S/C19H24F3N7/c1-17(2,3)27-14-24-15(28-18(4,5)6)26-16(25-14)29-12-10-8-7-9-11(12)23-13(29)19(20,21)22/h7-10H,1-6H3,(H2,24,25,26,27,28). The number of hydrogen-bond donors (Lipinski definition) is 2. The van der Waals surface area contributed by atoms with Crippen LogP contribution < -0.4 is 10.6 Å². The van der Waals surface area contributed by atoms with E-state index in [1.54, 1.807) is 18.2 Å². The SMILES string of the molecule is CC(C)(C)Nc1nc(NC(C)(C)C)nc(-n2c(C(F)(F)F)nc3ccccc32)n1. The first kappa shape index (κ1) is 20.8. The third-order valence-electron chi connectivity index (χ3n) is 3.61. The summed E-state index contributed by atoms with van der Waals surface area (Å²) in [5, 5.41) is 6.20. The first-order valence-electron chi connectivity index (χ1n) is 9.10. The molecule has 0 unspecified atom stereocenters. The first-order valence-corrected chi connectivity index (χ1v) is 9.10. The molecule has 0 bridgehead atoms. The number of benzene rings is 1. The highest BCUT2D eigenvalue weighted by Crippen LogP contribution is 2.33. The summed E-state index contributed by atoms with van der Waals surface area (Å²) in [7, 11) is 0. The number of rotatable bonds is 3. The largest absolute Gasteiger partial charge is 0.450 e. The Hall–Kier alpha value is -2.91. The van der Waals surface area contributed by atoms with Crippen LogP contribution in [0.25, 0.3) is 17.0 Å². The number of anilines is 2. The molecular formula is C19H24F3N7. The highest BCUT2D eigenvalue weighted by atomic mass is 19.4. The maximum atomic E-state index is 13.7. The zero-order valence-electron chi connectivity index (χ0n) is 17.2. The molecule has 2 heterocycles. The topological polar surface area (TPSA) is 80.5 Å². The molecule has 3 rings (SSSR count). The van der Waals surface area contributed by atoms with Crippen LogP contribution in [0.3, 0.4) is 0 Å². The second-order valence-electron chi connectivity index (χ2n) is 8.79. The Morgan fingerprint density at radius 1 is 0.759 bits per heavy atom. The average Bonchev–Trinajstić information content (AvgIpc) is 2.91. The van der Waals surface area contributed by atoms with Crippen LogP contribution in [0.2, 0.25) is 0 Å². The second kappa shape index (κ2) is 6.85. The molecule has 2 N–H and O–H groups in total. The fraction of sp³-hybridized carbons (Fsp3) is 0.474. The van der Waals surface area contributed by atoms with Crippen molar-refractivity contribution in [1.82, 2.24) is 24.5 Å². The van der Waals surface area contributed by atoms with Gasteiger partial charge in [0, 0.05) is 11.1 Å². The number of para-hydroxylation sites is 2. The molecule has 0 saturated carbocycles. The quantitative estimate of drug-likeness (QED) is 0.658. The Kier molecular flexibility index (Phi) is 4.92. The van der Waals surface area contributed by atoms with Crippen molar-refractivity contribution in [3.63, 3.8) is 0 Å². The van der Waals surface area contributed by atoms with E-state index in [2.05, 4.69) is 30.6 Å². The predicted molar refractivity (Wildman–Crippen MR) is 106 cm³/mol. The van der Waals surface area contributed by atoms with Crippen molar-refractivity contribution in [2.24, 2.45) is 0 Å². The van der Waals surface area contributed by atoms with Gasteiger partial charge in [-0.1, -0.05) is 12.1 Å². The summed E-state index contributed by atoms with van der Waals surface area (Å²) >= 11 is 0. The smallest absolute Gasteiger partial charge is 0.349 e. The van der Waals surface area contributed by atoms with Gasteiger partial charge in [0.2, 0.25) is 23.7 Å². The zero-order valence-corrected chi connectivity index (χ0v) is 17.2. The molecule has 7 nitrogen and oxygen atoms in total. The minimum absolute atomic E-state index is 0.167. The van der Waals surface area contributed by atoms with E-state index in [9.17, 15) is 13.2 Å². The van der Waals surface area contributed by atoms with Gasteiger partial charge in [-0.05, 0) is 53.7 Å². The Labute approximate surface area is 166 Å². The van der Waals surface area contributed by atoms with E-state index in [-0.39, 0.29) is 28.9 Å². The number of fused-ring (bicyclic) bond motifs is 1.